The van der Waals surface area contributed by atoms with Crippen LogP contribution in [0, 0.1) is 12.7 Å². The van der Waals surface area contributed by atoms with Crippen molar-refractivity contribution < 1.29 is 22.4 Å². The molecule has 2 amide bonds. The number of amides is 2. The zero-order valence-electron chi connectivity index (χ0n) is 13.0. The Morgan fingerprint density at radius 1 is 0.958 bits per heavy atom. The molecule has 0 spiro atoms. The number of carbonyl (C=O) groups excluding carboxylic acids is 2. The van der Waals surface area contributed by atoms with E-state index in [1.165, 1.54) is 36.4 Å². The molecule has 0 saturated heterocycles. The minimum Gasteiger partial charge on any atom is -0.267 e. The van der Waals surface area contributed by atoms with Crippen LogP contribution in [0.25, 0.3) is 0 Å². The first-order valence-corrected chi connectivity index (χ1v) is 8.75. The molecule has 0 unspecified atom stereocenters. The van der Waals surface area contributed by atoms with Crippen molar-refractivity contribution in [2.75, 3.05) is 6.26 Å². The normalized spacial score (nSPS) is 11.0. The third kappa shape index (κ3) is 3.96. The second-order valence-electron chi connectivity index (χ2n) is 5.14. The summed E-state index contributed by atoms with van der Waals surface area (Å²) >= 11 is 0. The largest absolute Gasteiger partial charge is 0.272 e. The predicted molar refractivity (Wildman–Crippen MR) is 85.6 cm³/mol. The maximum absolute atomic E-state index is 13.5. The first-order valence-electron chi connectivity index (χ1n) is 6.86. The summed E-state index contributed by atoms with van der Waals surface area (Å²) in [6.45, 7) is 1.62. The van der Waals surface area contributed by atoms with Crippen molar-refractivity contribution in [3.63, 3.8) is 0 Å². The smallest absolute Gasteiger partial charge is 0.267 e. The molecule has 0 fully saturated rings. The fourth-order valence-corrected chi connectivity index (χ4v) is 2.62. The van der Waals surface area contributed by atoms with Crippen LogP contribution in [0.3, 0.4) is 0 Å². The molecule has 24 heavy (non-hydrogen) atoms. The molecule has 0 radical (unpaired) electrons. The van der Waals surface area contributed by atoms with Crippen LogP contribution in [0.4, 0.5) is 4.39 Å². The monoisotopic (exact) mass is 350 g/mol. The first kappa shape index (κ1) is 17.6. The van der Waals surface area contributed by atoms with E-state index < -0.39 is 27.5 Å². The maximum atomic E-state index is 13.5. The lowest BCUT2D eigenvalue weighted by molar-refractivity contribution is 0.0843. The predicted octanol–water partition coefficient (Wildman–Crippen LogP) is 1.61. The van der Waals surface area contributed by atoms with Gasteiger partial charge in [0.2, 0.25) is 0 Å². The fourth-order valence-electron chi connectivity index (χ4n) is 1.97. The van der Waals surface area contributed by atoms with Crippen LogP contribution >= 0.6 is 0 Å². The van der Waals surface area contributed by atoms with Crippen molar-refractivity contribution in [3.05, 3.63) is 65.0 Å². The third-order valence-electron chi connectivity index (χ3n) is 3.29. The molecular formula is C16H15FN2O4S. The second kappa shape index (κ2) is 6.79. The van der Waals surface area contributed by atoms with Crippen molar-refractivity contribution in [1.29, 1.82) is 0 Å². The second-order valence-corrected chi connectivity index (χ2v) is 7.15. The van der Waals surface area contributed by atoms with Gasteiger partial charge in [-0.2, -0.15) is 0 Å². The quantitative estimate of drug-likeness (QED) is 0.823. The Kier molecular flexibility index (Phi) is 4.99. The van der Waals surface area contributed by atoms with Gasteiger partial charge in [-0.25, -0.2) is 12.8 Å². The number of hydrazine groups is 1. The van der Waals surface area contributed by atoms with Crippen LogP contribution in [0.5, 0.6) is 0 Å². The molecule has 0 atom stereocenters. The summed E-state index contributed by atoms with van der Waals surface area (Å²) in [6.07, 6.45) is 1.03. The number of hydrogen-bond acceptors (Lipinski definition) is 4. The Hall–Kier alpha value is -2.74. The molecule has 0 aliphatic carbocycles. The molecule has 0 aliphatic rings. The fraction of sp³-hybridized carbons (Fsp3) is 0.125. The van der Waals surface area contributed by atoms with E-state index in [1.54, 1.807) is 6.92 Å². The van der Waals surface area contributed by atoms with Crippen molar-refractivity contribution in [3.8, 4) is 0 Å². The third-order valence-corrected chi connectivity index (χ3v) is 4.40. The van der Waals surface area contributed by atoms with Gasteiger partial charge in [-0.05, 0) is 36.8 Å². The Labute approximate surface area is 138 Å². The summed E-state index contributed by atoms with van der Waals surface area (Å²) in [5.74, 6) is -2.25. The Morgan fingerprint density at radius 2 is 1.54 bits per heavy atom. The molecule has 0 aliphatic heterocycles. The van der Waals surface area contributed by atoms with Crippen molar-refractivity contribution >= 4 is 21.7 Å². The zero-order chi connectivity index (χ0) is 17.9. The molecule has 2 N–H and O–H groups in total. The van der Waals surface area contributed by atoms with Gasteiger partial charge in [0, 0.05) is 11.8 Å². The van der Waals surface area contributed by atoms with E-state index in [0.717, 1.165) is 12.3 Å². The van der Waals surface area contributed by atoms with Crippen LogP contribution in [0.15, 0.2) is 47.4 Å². The van der Waals surface area contributed by atoms with Gasteiger partial charge in [-0.3, -0.25) is 20.4 Å². The molecule has 0 aromatic heterocycles. The molecule has 6 nitrogen and oxygen atoms in total. The summed E-state index contributed by atoms with van der Waals surface area (Å²) in [7, 11) is -3.47. The molecule has 0 saturated carbocycles. The molecule has 2 aromatic carbocycles. The van der Waals surface area contributed by atoms with Gasteiger partial charge in [-0.15, -0.1) is 0 Å². The summed E-state index contributed by atoms with van der Waals surface area (Å²) in [5.41, 5.74) is 4.63. The van der Waals surface area contributed by atoms with Gasteiger partial charge < -0.3 is 0 Å². The van der Waals surface area contributed by atoms with Crippen LogP contribution in [0.2, 0.25) is 0 Å². The Morgan fingerprint density at radius 3 is 2.12 bits per heavy atom. The number of halogens is 1. The molecule has 2 rings (SSSR count). The van der Waals surface area contributed by atoms with Crippen LogP contribution < -0.4 is 10.9 Å². The van der Waals surface area contributed by atoms with Gasteiger partial charge in [0.05, 0.1) is 10.5 Å². The number of aryl methyl sites for hydroxylation is 1. The summed E-state index contributed by atoms with van der Waals surface area (Å²) in [6, 6.07) is 9.41. The topological polar surface area (TPSA) is 92.3 Å². The highest BCUT2D eigenvalue weighted by Gasteiger charge is 2.16. The average Bonchev–Trinajstić information content (AvgIpc) is 2.52. The van der Waals surface area contributed by atoms with E-state index >= 15 is 0 Å². The highest BCUT2D eigenvalue weighted by atomic mass is 32.2. The lowest BCUT2D eigenvalue weighted by Crippen LogP contribution is -2.42. The number of rotatable bonds is 3. The van der Waals surface area contributed by atoms with Crippen LogP contribution in [-0.2, 0) is 9.84 Å². The summed E-state index contributed by atoms with van der Waals surface area (Å²) in [4.78, 5) is 24.0. The van der Waals surface area contributed by atoms with Crippen LogP contribution in [-0.4, -0.2) is 26.5 Å². The van der Waals surface area contributed by atoms with E-state index in [1.807, 2.05) is 0 Å². The summed E-state index contributed by atoms with van der Waals surface area (Å²) < 4.78 is 36.6. The lowest BCUT2D eigenvalue weighted by Gasteiger charge is -2.10. The van der Waals surface area contributed by atoms with E-state index in [2.05, 4.69) is 10.9 Å². The minimum absolute atomic E-state index is 0.0151. The lowest BCUT2D eigenvalue weighted by atomic mass is 10.1. The molecular weight excluding hydrogens is 335 g/mol. The Balaban J connectivity index is 2.16. The number of nitrogens with one attached hydrogen (secondary N) is 2. The molecule has 0 heterocycles. The van der Waals surface area contributed by atoms with Gasteiger partial charge in [0.15, 0.2) is 9.84 Å². The number of sulfone groups is 1. The SMILES string of the molecule is Cc1ccc(S(C)(=O)=O)cc1C(=O)NNC(=O)c1ccccc1F. The zero-order valence-corrected chi connectivity index (χ0v) is 13.8. The minimum atomic E-state index is -3.47. The van der Waals surface area contributed by atoms with Crippen LogP contribution in [0.1, 0.15) is 26.3 Å². The molecule has 2 aromatic rings. The Bertz CT molecular complexity index is 910. The highest BCUT2D eigenvalue weighted by molar-refractivity contribution is 7.90. The molecule has 126 valence electrons. The molecule has 0 bridgehead atoms. The maximum Gasteiger partial charge on any atom is 0.272 e. The van der Waals surface area contributed by atoms with Gasteiger partial charge in [0.1, 0.15) is 5.82 Å². The number of benzene rings is 2. The summed E-state index contributed by atoms with van der Waals surface area (Å²) in [5, 5.41) is 0. The van der Waals surface area contributed by atoms with Crippen molar-refractivity contribution in [2.45, 2.75) is 11.8 Å². The van der Waals surface area contributed by atoms with Gasteiger partial charge >= 0.3 is 0 Å². The molecule has 8 heteroatoms. The first-order chi connectivity index (χ1) is 11.2. The highest BCUT2D eigenvalue weighted by Crippen LogP contribution is 2.15. The van der Waals surface area contributed by atoms with E-state index in [0.29, 0.717) is 5.56 Å². The van der Waals surface area contributed by atoms with E-state index in [4.69, 9.17) is 0 Å². The van der Waals surface area contributed by atoms with E-state index in [9.17, 15) is 22.4 Å². The van der Waals surface area contributed by atoms with E-state index in [-0.39, 0.29) is 16.0 Å². The van der Waals surface area contributed by atoms with Crippen molar-refractivity contribution in [2.24, 2.45) is 0 Å². The standard InChI is InChI=1S/C16H15FN2O4S/c1-10-7-8-11(24(2,22)23)9-13(10)16(21)19-18-15(20)12-5-3-4-6-14(12)17/h3-9H,1-2H3,(H,18,20)(H,19,21). The van der Waals surface area contributed by atoms with Crippen molar-refractivity contribution in [1.82, 2.24) is 10.9 Å². The number of hydrogen-bond donors (Lipinski definition) is 2. The van der Waals surface area contributed by atoms with Gasteiger partial charge in [0.25, 0.3) is 11.8 Å². The number of carbonyl (C=O) groups is 2. The van der Waals surface area contributed by atoms with Gasteiger partial charge in [-0.1, -0.05) is 18.2 Å². The average molecular weight is 350 g/mol.